The molecule has 154 valence electrons. The molecular weight excluding hydrogens is 410 g/mol. The summed E-state index contributed by atoms with van der Waals surface area (Å²) in [7, 11) is 0. The molecule has 0 radical (unpaired) electrons. The first-order valence-electron chi connectivity index (χ1n) is 9.09. The summed E-state index contributed by atoms with van der Waals surface area (Å²) >= 11 is 7.56. The van der Waals surface area contributed by atoms with Gasteiger partial charge in [-0.15, -0.1) is 11.8 Å². The Bertz CT molecular complexity index is 841. The summed E-state index contributed by atoms with van der Waals surface area (Å²) < 4.78 is 5.42. The number of halogens is 1. The number of hydrogen-bond acceptors (Lipinski definition) is 5. The highest BCUT2D eigenvalue weighted by Gasteiger charge is 2.05. The van der Waals surface area contributed by atoms with Gasteiger partial charge in [0.15, 0.2) is 6.61 Å². The number of ether oxygens (including phenoxy) is 1. The Balaban J connectivity index is 1.69. The van der Waals surface area contributed by atoms with Gasteiger partial charge in [0.25, 0.3) is 5.91 Å². The number of benzene rings is 2. The predicted octanol–water partition coefficient (Wildman–Crippen LogP) is 3.63. The first-order valence-corrected chi connectivity index (χ1v) is 10.6. The lowest BCUT2D eigenvalue weighted by Gasteiger charge is -2.09. The minimum absolute atomic E-state index is 0.0342. The van der Waals surface area contributed by atoms with Crippen LogP contribution in [-0.4, -0.2) is 36.4 Å². The van der Waals surface area contributed by atoms with E-state index in [4.69, 9.17) is 16.3 Å². The second-order valence-electron chi connectivity index (χ2n) is 6.46. The maximum absolute atomic E-state index is 11.9. The van der Waals surface area contributed by atoms with Crippen LogP contribution < -0.4 is 15.5 Å². The molecule has 0 bridgehead atoms. The van der Waals surface area contributed by atoms with Gasteiger partial charge in [-0.25, -0.2) is 5.43 Å². The minimum atomic E-state index is -0.186. The number of amides is 2. The second-order valence-corrected chi connectivity index (χ2v) is 7.85. The second kappa shape index (κ2) is 12.1. The highest BCUT2D eigenvalue weighted by atomic mass is 35.5. The maximum atomic E-state index is 11.9. The van der Waals surface area contributed by atoms with Crippen molar-refractivity contribution in [1.29, 1.82) is 0 Å². The average Bonchev–Trinajstić information content (AvgIpc) is 2.68. The number of carbonyl (C=O) groups excluding carboxylic acids is 2. The standard InChI is InChI=1S/C21H24ClN3O3S/c1-15(2)24-20(26)12-28-18-9-7-16(8-10-18)11-23-25-21(27)14-29-13-17-5-3-4-6-19(17)22/h3-11,15H,12-14H2,1-2H3,(H,24,26)(H,25,27). The fourth-order valence-electron chi connectivity index (χ4n) is 2.24. The topological polar surface area (TPSA) is 79.8 Å². The molecule has 0 fully saturated rings. The molecule has 0 aliphatic rings. The van der Waals surface area contributed by atoms with Crippen LogP contribution in [0, 0.1) is 0 Å². The minimum Gasteiger partial charge on any atom is -0.484 e. The van der Waals surface area contributed by atoms with Gasteiger partial charge in [-0.3, -0.25) is 9.59 Å². The maximum Gasteiger partial charge on any atom is 0.258 e. The molecule has 6 nitrogen and oxygen atoms in total. The quantitative estimate of drug-likeness (QED) is 0.443. The van der Waals surface area contributed by atoms with E-state index in [0.717, 1.165) is 11.1 Å². The van der Waals surface area contributed by atoms with Crippen LogP contribution in [0.4, 0.5) is 0 Å². The van der Waals surface area contributed by atoms with Gasteiger partial charge in [0, 0.05) is 16.8 Å². The zero-order chi connectivity index (χ0) is 21.1. The van der Waals surface area contributed by atoms with E-state index >= 15 is 0 Å². The first-order chi connectivity index (χ1) is 13.9. The lowest BCUT2D eigenvalue weighted by Crippen LogP contribution is -2.34. The van der Waals surface area contributed by atoms with Crippen LogP contribution in [0.5, 0.6) is 5.75 Å². The van der Waals surface area contributed by atoms with E-state index in [1.807, 2.05) is 38.1 Å². The van der Waals surface area contributed by atoms with Gasteiger partial charge in [-0.1, -0.05) is 29.8 Å². The monoisotopic (exact) mass is 433 g/mol. The van der Waals surface area contributed by atoms with Gasteiger partial charge in [0.05, 0.1) is 12.0 Å². The highest BCUT2D eigenvalue weighted by Crippen LogP contribution is 2.20. The third kappa shape index (κ3) is 9.02. The van der Waals surface area contributed by atoms with E-state index in [1.165, 1.54) is 11.8 Å². The Labute approximate surface area is 180 Å². The van der Waals surface area contributed by atoms with E-state index in [2.05, 4.69) is 15.8 Å². The summed E-state index contributed by atoms with van der Waals surface area (Å²) in [5.74, 6) is 1.18. The molecule has 29 heavy (non-hydrogen) atoms. The van der Waals surface area contributed by atoms with Crippen molar-refractivity contribution in [2.45, 2.75) is 25.6 Å². The number of thioether (sulfide) groups is 1. The van der Waals surface area contributed by atoms with Crippen molar-refractivity contribution < 1.29 is 14.3 Å². The molecule has 8 heteroatoms. The lowest BCUT2D eigenvalue weighted by atomic mass is 10.2. The largest absolute Gasteiger partial charge is 0.484 e. The molecule has 0 heterocycles. The summed E-state index contributed by atoms with van der Waals surface area (Å²) in [6, 6.07) is 14.7. The first kappa shape index (κ1) is 22.8. The third-order valence-electron chi connectivity index (χ3n) is 3.55. The van der Waals surface area contributed by atoms with Crippen molar-refractivity contribution >= 4 is 41.4 Å². The molecule has 0 aliphatic heterocycles. The van der Waals surface area contributed by atoms with Crippen molar-refractivity contribution in [1.82, 2.24) is 10.7 Å². The van der Waals surface area contributed by atoms with Gasteiger partial charge < -0.3 is 10.1 Å². The van der Waals surface area contributed by atoms with Crippen molar-refractivity contribution in [2.24, 2.45) is 5.10 Å². The number of nitrogens with zero attached hydrogens (tertiary/aromatic N) is 1. The number of hydrogen-bond donors (Lipinski definition) is 2. The normalized spacial score (nSPS) is 10.9. The molecule has 0 saturated carbocycles. The van der Waals surface area contributed by atoms with Gasteiger partial charge in [0.1, 0.15) is 5.75 Å². The molecule has 2 aromatic carbocycles. The van der Waals surface area contributed by atoms with E-state index in [9.17, 15) is 9.59 Å². The van der Waals surface area contributed by atoms with Crippen molar-refractivity contribution in [3.05, 3.63) is 64.7 Å². The number of hydrazone groups is 1. The van der Waals surface area contributed by atoms with Crippen LogP contribution in [0.25, 0.3) is 0 Å². The third-order valence-corrected chi connectivity index (χ3v) is 4.90. The Kier molecular flexibility index (Phi) is 9.53. The molecule has 2 rings (SSSR count). The van der Waals surface area contributed by atoms with E-state index < -0.39 is 0 Å². The Hall–Kier alpha value is -2.51. The molecule has 0 aromatic heterocycles. The van der Waals surface area contributed by atoms with Crippen LogP contribution in [0.1, 0.15) is 25.0 Å². The molecule has 0 unspecified atom stereocenters. The Morgan fingerprint density at radius 1 is 1.14 bits per heavy atom. The molecule has 0 atom stereocenters. The van der Waals surface area contributed by atoms with Gasteiger partial charge in [-0.2, -0.15) is 5.10 Å². The predicted molar refractivity (Wildman–Crippen MR) is 119 cm³/mol. The van der Waals surface area contributed by atoms with Crippen LogP contribution in [0.15, 0.2) is 53.6 Å². The van der Waals surface area contributed by atoms with E-state index in [0.29, 0.717) is 16.5 Å². The zero-order valence-corrected chi connectivity index (χ0v) is 17.9. The zero-order valence-electron chi connectivity index (χ0n) is 16.4. The fourth-order valence-corrected chi connectivity index (χ4v) is 3.35. The molecule has 0 aliphatic carbocycles. The van der Waals surface area contributed by atoms with E-state index in [1.54, 1.807) is 30.5 Å². The average molecular weight is 434 g/mol. The fraction of sp³-hybridized carbons (Fsp3) is 0.286. The van der Waals surface area contributed by atoms with Gasteiger partial charge >= 0.3 is 0 Å². The highest BCUT2D eigenvalue weighted by molar-refractivity contribution is 7.99. The van der Waals surface area contributed by atoms with Gasteiger partial charge in [-0.05, 0) is 55.3 Å². The molecular formula is C21H24ClN3O3S. The molecule has 2 N–H and O–H groups in total. The molecule has 2 amide bonds. The summed E-state index contributed by atoms with van der Waals surface area (Å²) in [5.41, 5.74) is 4.30. The smallest absolute Gasteiger partial charge is 0.258 e. The lowest BCUT2D eigenvalue weighted by molar-refractivity contribution is -0.123. The van der Waals surface area contributed by atoms with Crippen LogP contribution in [-0.2, 0) is 15.3 Å². The Morgan fingerprint density at radius 3 is 2.55 bits per heavy atom. The number of nitrogens with one attached hydrogen (secondary N) is 2. The summed E-state index contributed by atoms with van der Waals surface area (Å²) in [6.45, 7) is 3.75. The Morgan fingerprint density at radius 2 is 1.86 bits per heavy atom. The van der Waals surface area contributed by atoms with Crippen molar-refractivity contribution in [3.8, 4) is 5.75 Å². The van der Waals surface area contributed by atoms with Crippen molar-refractivity contribution in [2.75, 3.05) is 12.4 Å². The summed E-state index contributed by atoms with van der Waals surface area (Å²) in [5, 5.41) is 7.41. The van der Waals surface area contributed by atoms with Gasteiger partial charge in [0.2, 0.25) is 5.91 Å². The summed E-state index contributed by atoms with van der Waals surface area (Å²) in [4.78, 5) is 23.4. The molecule has 0 saturated heterocycles. The van der Waals surface area contributed by atoms with Crippen LogP contribution in [0.2, 0.25) is 5.02 Å². The van der Waals surface area contributed by atoms with Crippen molar-refractivity contribution in [3.63, 3.8) is 0 Å². The number of carbonyl (C=O) groups is 2. The van der Waals surface area contributed by atoms with Crippen LogP contribution in [0.3, 0.4) is 0 Å². The van der Waals surface area contributed by atoms with E-state index in [-0.39, 0.29) is 30.2 Å². The molecule has 2 aromatic rings. The SMILES string of the molecule is CC(C)NC(=O)COc1ccc(C=NNC(=O)CSCc2ccccc2Cl)cc1. The summed E-state index contributed by atoms with van der Waals surface area (Å²) in [6.07, 6.45) is 1.55. The van der Waals surface area contributed by atoms with Crippen LogP contribution >= 0.6 is 23.4 Å². The molecule has 0 spiro atoms. The number of rotatable bonds is 10.